The molecule has 0 spiro atoms. The Morgan fingerprint density at radius 3 is 2.18 bits per heavy atom. The van der Waals surface area contributed by atoms with Crippen LogP contribution in [0.15, 0.2) is 52.7 Å². The third-order valence-corrected chi connectivity index (χ3v) is 5.23. The SMILES string of the molecule is CCc1cc(O)c(N=Nc2ccc([N+](=O)[O-])cc2C)cc1-c1ccc(OC)c(OC)c1OC. The molecule has 0 aromatic heterocycles. The number of ether oxygens (including phenoxy) is 3. The zero-order valence-electron chi connectivity index (χ0n) is 19.1. The fourth-order valence-corrected chi connectivity index (χ4v) is 3.53. The highest BCUT2D eigenvalue weighted by molar-refractivity contribution is 5.81. The van der Waals surface area contributed by atoms with Crippen LogP contribution in [0.2, 0.25) is 0 Å². The van der Waals surface area contributed by atoms with Crippen molar-refractivity contribution in [3.63, 3.8) is 0 Å². The molecule has 0 aliphatic rings. The Morgan fingerprint density at radius 2 is 1.61 bits per heavy atom. The Balaban J connectivity index is 2.12. The first-order valence-electron chi connectivity index (χ1n) is 10.2. The largest absolute Gasteiger partial charge is 0.506 e. The van der Waals surface area contributed by atoms with Gasteiger partial charge < -0.3 is 19.3 Å². The molecule has 0 fully saturated rings. The van der Waals surface area contributed by atoms with Gasteiger partial charge in [-0.05, 0) is 60.4 Å². The average molecular weight is 451 g/mol. The van der Waals surface area contributed by atoms with Crippen LogP contribution in [-0.4, -0.2) is 31.4 Å². The maximum Gasteiger partial charge on any atom is 0.269 e. The molecule has 0 atom stereocenters. The lowest BCUT2D eigenvalue weighted by molar-refractivity contribution is -0.384. The summed E-state index contributed by atoms with van der Waals surface area (Å²) in [5, 5.41) is 29.9. The second-order valence-corrected chi connectivity index (χ2v) is 7.16. The number of hydrogen-bond acceptors (Lipinski definition) is 8. The molecule has 0 heterocycles. The highest BCUT2D eigenvalue weighted by Crippen LogP contribution is 2.47. The molecule has 0 unspecified atom stereocenters. The molecule has 9 heteroatoms. The number of rotatable bonds is 8. The van der Waals surface area contributed by atoms with Gasteiger partial charge in [0.15, 0.2) is 11.5 Å². The molecule has 3 aromatic carbocycles. The average Bonchev–Trinajstić information content (AvgIpc) is 2.82. The van der Waals surface area contributed by atoms with E-state index in [1.807, 2.05) is 13.0 Å². The van der Waals surface area contributed by atoms with Crippen molar-refractivity contribution in [2.24, 2.45) is 10.2 Å². The predicted octanol–water partition coefficient (Wildman–Crippen LogP) is 6.28. The van der Waals surface area contributed by atoms with E-state index in [4.69, 9.17) is 14.2 Å². The van der Waals surface area contributed by atoms with Crippen LogP contribution >= 0.6 is 0 Å². The summed E-state index contributed by atoms with van der Waals surface area (Å²) in [5.41, 5.74) is 3.70. The summed E-state index contributed by atoms with van der Waals surface area (Å²) >= 11 is 0. The summed E-state index contributed by atoms with van der Waals surface area (Å²) in [4.78, 5) is 10.5. The fourth-order valence-electron chi connectivity index (χ4n) is 3.53. The summed E-state index contributed by atoms with van der Waals surface area (Å²) in [6, 6.07) is 11.3. The van der Waals surface area contributed by atoms with Crippen LogP contribution in [-0.2, 0) is 6.42 Å². The Labute approximate surface area is 191 Å². The molecule has 1 N–H and O–H groups in total. The Kier molecular flexibility index (Phi) is 7.12. The number of phenolic OH excluding ortho intramolecular Hbond substituents is 1. The molecule has 0 saturated heterocycles. The van der Waals surface area contributed by atoms with E-state index in [-0.39, 0.29) is 17.1 Å². The molecular formula is C24H25N3O6. The number of nitro groups is 1. The van der Waals surface area contributed by atoms with Crippen molar-refractivity contribution in [1.29, 1.82) is 0 Å². The standard InChI is InChI=1S/C24H25N3O6/c1-6-15-12-21(28)20(26-25-19-9-7-16(27(29)30)11-14(19)2)13-18(15)17-8-10-22(31-3)24(33-5)23(17)32-4/h7-13,28H,6H2,1-5H3. The number of phenols is 1. The van der Waals surface area contributed by atoms with Crippen LogP contribution in [0.3, 0.4) is 0 Å². The molecule has 33 heavy (non-hydrogen) atoms. The molecule has 172 valence electrons. The Hall–Kier alpha value is -4.14. The number of non-ortho nitro benzene ring substituents is 1. The molecule has 3 aromatic rings. The number of methoxy groups -OCH3 is 3. The van der Waals surface area contributed by atoms with Crippen LogP contribution in [0.25, 0.3) is 11.1 Å². The Morgan fingerprint density at radius 1 is 0.909 bits per heavy atom. The Bertz CT molecular complexity index is 1220. The third kappa shape index (κ3) is 4.72. The minimum atomic E-state index is -0.466. The molecule has 9 nitrogen and oxygen atoms in total. The van der Waals surface area contributed by atoms with Gasteiger partial charge in [0.05, 0.1) is 31.9 Å². The van der Waals surface area contributed by atoms with Crippen molar-refractivity contribution in [3.8, 4) is 34.1 Å². The molecule has 0 aliphatic heterocycles. The van der Waals surface area contributed by atoms with Gasteiger partial charge >= 0.3 is 0 Å². The first kappa shape index (κ1) is 23.5. The van der Waals surface area contributed by atoms with Gasteiger partial charge in [-0.15, -0.1) is 5.11 Å². The van der Waals surface area contributed by atoms with E-state index in [9.17, 15) is 15.2 Å². The van der Waals surface area contributed by atoms with Crippen molar-refractivity contribution in [2.75, 3.05) is 21.3 Å². The number of aromatic hydroxyl groups is 1. The molecule has 3 rings (SSSR count). The van der Waals surface area contributed by atoms with E-state index in [1.54, 1.807) is 39.3 Å². The topological polar surface area (TPSA) is 116 Å². The van der Waals surface area contributed by atoms with Gasteiger partial charge in [0.25, 0.3) is 5.69 Å². The quantitative estimate of drug-likeness (QED) is 0.245. The number of azo groups is 1. The zero-order valence-corrected chi connectivity index (χ0v) is 19.1. The van der Waals surface area contributed by atoms with Crippen LogP contribution in [0, 0.1) is 17.0 Å². The van der Waals surface area contributed by atoms with E-state index in [2.05, 4.69) is 10.2 Å². The second kappa shape index (κ2) is 9.99. The van der Waals surface area contributed by atoms with Crippen LogP contribution in [0.1, 0.15) is 18.1 Å². The summed E-state index contributed by atoms with van der Waals surface area (Å²) in [7, 11) is 4.63. The fraction of sp³-hybridized carbons (Fsp3) is 0.250. The van der Waals surface area contributed by atoms with Gasteiger partial charge in [0.1, 0.15) is 11.4 Å². The maximum atomic E-state index is 11.0. The lowest BCUT2D eigenvalue weighted by Gasteiger charge is -2.18. The smallest absolute Gasteiger partial charge is 0.269 e. The number of aryl methyl sites for hydroxylation is 2. The van der Waals surface area contributed by atoms with Gasteiger partial charge in [-0.3, -0.25) is 10.1 Å². The molecule has 0 saturated carbocycles. The number of benzene rings is 3. The van der Waals surface area contributed by atoms with Crippen molar-refractivity contribution >= 4 is 17.1 Å². The van der Waals surface area contributed by atoms with Crippen molar-refractivity contribution in [3.05, 3.63) is 63.7 Å². The molecule has 0 bridgehead atoms. The summed E-state index contributed by atoms with van der Waals surface area (Å²) in [6.45, 7) is 3.69. The van der Waals surface area contributed by atoms with Crippen LogP contribution < -0.4 is 14.2 Å². The number of nitrogens with zero attached hydrogens (tertiary/aromatic N) is 3. The van der Waals surface area contributed by atoms with Gasteiger partial charge in [-0.1, -0.05) is 6.92 Å². The van der Waals surface area contributed by atoms with Gasteiger partial charge in [-0.2, -0.15) is 5.11 Å². The molecule has 0 amide bonds. The monoisotopic (exact) mass is 451 g/mol. The minimum Gasteiger partial charge on any atom is -0.506 e. The van der Waals surface area contributed by atoms with Gasteiger partial charge in [-0.25, -0.2) is 0 Å². The third-order valence-electron chi connectivity index (χ3n) is 5.23. The molecule has 0 radical (unpaired) electrons. The highest BCUT2D eigenvalue weighted by Gasteiger charge is 2.20. The molecule has 0 aliphatic carbocycles. The summed E-state index contributed by atoms with van der Waals surface area (Å²) in [6.07, 6.45) is 0.652. The molecular weight excluding hydrogens is 426 g/mol. The minimum absolute atomic E-state index is 0.0237. The van der Waals surface area contributed by atoms with Gasteiger partial charge in [0, 0.05) is 17.7 Å². The number of nitro benzene ring substituents is 1. The van der Waals surface area contributed by atoms with Crippen molar-refractivity contribution in [2.45, 2.75) is 20.3 Å². The lowest BCUT2D eigenvalue weighted by atomic mass is 9.95. The number of hydrogen-bond donors (Lipinski definition) is 1. The highest BCUT2D eigenvalue weighted by atomic mass is 16.6. The van der Waals surface area contributed by atoms with Gasteiger partial charge in [0.2, 0.25) is 5.75 Å². The first-order chi connectivity index (χ1) is 15.8. The lowest BCUT2D eigenvalue weighted by Crippen LogP contribution is -1.98. The van der Waals surface area contributed by atoms with E-state index in [1.165, 1.54) is 25.3 Å². The van der Waals surface area contributed by atoms with E-state index >= 15 is 0 Å². The zero-order chi connectivity index (χ0) is 24.1. The predicted molar refractivity (Wildman–Crippen MR) is 125 cm³/mol. The van der Waals surface area contributed by atoms with Crippen LogP contribution in [0.4, 0.5) is 17.1 Å². The van der Waals surface area contributed by atoms with Crippen LogP contribution in [0.5, 0.6) is 23.0 Å². The maximum absolute atomic E-state index is 11.0. The van der Waals surface area contributed by atoms with Crippen molar-refractivity contribution < 1.29 is 24.2 Å². The van der Waals surface area contributed by atoms with E-state index < -0.39 is 4.92 Å². The van der Waals surface area contributed by atoms with E-state index in [0.29, 0.717) is 34.9 Å². The second-order valence-electron chi connectivity index (χ2n) is 7.16. The summed E-state index contributed by atoms with van der Waals surface area (Å²) < 4.78 is 16.5. The van der Waals surface area contributed by atoms with E-state index in [0.717, 1.165) is 16.7 Å². The normalized spacial score (nSPS) is 10.9. The first-order valence-corrected chi connectivity index (χ1v) is 10.2. The van der Waals surface area contributed by atoms with Crippen molar-refractivity contribution in [1.82, 2.24) is 0 Å². The summed E-state index contributed by atoms with van der Waals surface area (Å²) in [5.74, 6) is 1.45.